The van der Waals surface area contributed by atoms with Crippen LogP contribution < -0.4 is 5.32 Å². The fraction of sp³-hybridized carbons (Fsp3) is 0.923. The van der Waals surface area contributed by atoms with Crippen LogP contribution in [-0.2, 0) is 6.54 Å². The highest BCUT2D eigenvalue weighted by molar-refractivity contribution is 8.00. The molecule has 1 rings (SSSR count). The van der Waals surface area contributed by atoms with E-state index in [9.17, 15) is 0 Å². The molecule has 1 atom stereocenters. The third-order valence-corrected chi connectivity index (χ3v) is 5.38. The first-order valence-corrected chi connectivity index (χ1v) is 8.39. The lowest BCUT2D eigenvalue weighted by atomic mass is 10.0. The Bertz CT molecular complexity index is 353. The smallest absolute Gasteiger partial charge is 0.167 e. The van der Waals surface area contributed by atoms with E-state index in [0.29, 0.717) is 0 Å². The molecular formula is C13H27N5S. The molecule has 0 amide bonds. The SMILES string of the molecule is CCCNC(C)c1nnnn1CC(CC)(CC)SC. The first-order chi connectivity index (χ1) is 9.12. The molecule has 0 aliphatic carbocycles. The summed E-state index contributed by atoms with van der Waals surface area (Å²) in [7, 11) is 0. The van der Waals surface area contributed by atoms with Gasteiger partial charge in [0, 0.05) is 4.75 Å². The van der Waals surface area contributed by atoms with Gasteiger partial charge in [-0.2, -0.15) is 11.8 Å². The normalized spacial score (nSPS) is 13.7. The fourth-order valence-electron chi connectivity index (χ4n) is 2.19. The van der Waals surface area contributed by atoms with Crippen molar-refractivity contribution in [1.82, 2.24) is 25.5 Å². The molecule has 19 heavy (non-hydrogen) atoms. The number of hydrogen-bond donors (Lipinski definition) is 1. The van der Waals surface area contributed by atoms with Crippen molar-refractivity contribution in [3.8, 4) is 0 Å². The van der Waals surface area contributed by atoms with Crippen molar-refractivity contribution in [1.29, 1.82) is 0 Å². The second-order valence-corrected chi connectivity index (χ2v) is 6.24. The van der Waals surface area contributed by atoms with Crippen molar-refractivity contribution < 1.29 is 0 Å². The second-order valence-electron chi connectivity index (χ2n) is 4.96. The molecular weight excluding hydrogens is 258 g/mol. The summed E-state index contributed by atoms with van der Waals surface area (Å²) in [6.45, 7) is 10.6. The number of aromatic nitrogens is 4. The highest BCUT2D eigenvalue weighted by Gasteiger charge is 2.28. The van der Waals surface area contributed by atoms with E-state index >= 15 is 0 Å². The van der Waals surface area contributed by atoms with Gasteiger partial charge in [-0.15, -0.1) is 5.10 Å². The molecule has 0 fully saturated rings. The van der Waals surface area contributed by atoms with E-state index in [1.54, 1.807) is 0 Å². The first kappa shape index (κ1) is 16.4. The highest BCUT2D eigenvalue weighted by atomic mass is 32.2. The van der Waals surface area contributed by atoms with E-state index in [0.717, 1.165) is 38.2 Å². The zero-order valence-electron chi connectivity index (χ0n) is 12.8. The highest BCUT2D eigenvalue weighted by Crippen LogP contribution is 2.32. The van der Waals surface area contributed by atoms with E-state index in [2.05, 4.69) is 54.8 Å². The fourth-order valence-corrected chi connectivity index (χ4v) is 3.01. The van der Waals surface area contributed by atoms with E-state index in [1.165, 1.54) is 0 Å². The Balaban J connectivity index is 2.82. The molecule has 0 spiro atoms. The average molecular weight is 285 g/mol. The average Bonchev–Trinajstić information content (AvgIpc) is 2.90. The Morgan fingerprint density at radius 2 is 2.00 bits per heavy atom. The molecule has 1 heterocycles. The second kappa shape index (κ2) is 7.85. The van der Waals surface area contributed by atoms with Gasteiger partial charge >= 0.3 is 0 Å². The number of nitrogens with zero attached hydrogens (tertiary/aromatic N) is 4. The summed E-state index contributed by atoms with van der Waals surface area (Å²) in [6.07, 6.45) is 5.54. The summed E-state index contributed by atoms with van der Waals surface area (Å²) >= 11 is 1.92. The van der Waals surface area contributed by atoms with Gasteiger partial charge in [-0.05, 0) is 49.4 Å². The number of tetrazole rings is 1. The standard InChI is InChI=1S/C13H27N5S/c1-6-9-14-11(4)12-15-16-17-18(12)10-13(7-2,8-3)19-5/h11,14H,6-10H2,1-5H3. The third-order valence-electron chi connectivity index (χ3n) is 3.81. The first-order valence-electron chi connectivity index (χ1n) is 7.17. The lowest BCUT2D eigenvalue weighted by molar-refractivity contribution is 0.405. The third kappa shape index (κ3) is 4.18. The maximum Gasteiger partial charge on any atom is 0.167 e. The zero-order valence-corrected chi connectivity index (χ0v) is 13.6. The van der Waals surface area contributed by atoms with Gasteiger partial charge in [-0.3, -0.25) is 0 Å². The van der Waals surface area contributed by atoms with Crippen molar-refractivity contribution in [2.75, 3.05) is 12.8 Å². The van der Waals surface area contributed by atoms with Crippen LogP contribution in [-0.4, -0.2) is 37.8 Å². The lowest BCUT2D eigenvalue weighted by Gasteiger charge is -2.30. The Hall–Kier alpha value is -0.620. The molecule has 5 nitrogen and oxygen atoms in total. The van der Waals surface area contributed by atoms with Gasteiger partial charge in [-0.25, -0.2) is 4.68 Å². The molecule has 0 saturated carbocycles. The van der Waals surface area contributed by atoms with Crippen LogP contribution in [0.4, 0.5) is 0 Å². The number of thioether (sulfide) groups is 1. The monoisotopic (exact) mass is 285 g/mol. The number of nitrogens with one attached hydrogen (secondary N) is 1. The largest absolute Gasteiger partial charge is 0.307 e. The molecule has 0 saturated heterocycles. The zero-order chi connectivity index (χ0) is 14.3. The molecule has 0 radical (unpaired) electrons. The molecule has 0 bridgehead atoms. The van der Waals surface area contributed by atoms with Crippen LogP contribution in [0.25, 0.3) is 0 Å². The van der Waals surface area contributed by atoms with E-state index in [-0.39, 0.29) is 10.8 Å². The van der Waals surface area contributed by atoms with Gasteiger partial charge in [-0.1, -0.05) is 20.8 Å². The Morgan fingerprint density at radius 1 is 1.32 bits per heavy atom. The summed E-state index contributed by atoms with van der Waals surface area (Å²) < 4.78 is 2.20. The predicted octanol–water partition coefficient (Wildman–Crippen LogP) is 2.66. The Morgan fingerprint density at radius 3 is 2.53 bits per heavy atom. The van der Waals surface area contributed by atoms with Gasteiger partial charge < -0.3 is 5.32 Å². The van der Waals surface area contributed by atoms with E-state index in [1.807, 2.05) is 16.4 Å². The Kier molecular flexibility index (Phi) is 6.79. The van der Waals surface area contributed by atoms with Crippen molar-refractivity contribution >= 4 is 11.8 Å². The summed E-state index contributed by atoms with van der Waals surface area (Å²) in [5.41, 5.74) is 0. The van der Waals surface area contributed by atoms with Gasteiger partial charge in [0.25, 0.3) is 0 Å². The quantitative estimate of drug-likeness (QED) is 0.756. The maximum atomic E-state index is 4.19. The van der Waals surface area contributed by atoms with Crippen molar-refractivity contribution in [3.63, 3.8) is 0 Å². The minimum atomic E-state index is 0.197. The van der Waals surface area contributed by atoms with Crippen LogP contribution in [0, 0.1) is 0 Å². The minimum absolute atomic E-state index is 0.197. The number of hydrogen-bond acceptors (Lipinski definition) is 5. The van der Waals surface area contributed by atoms with Crippen LogP contribution in [0.15, 0.2) is 0 Å². The molecule has 0 aliphatic heterocycles. The molecule has 0 aliphatic rings. The van der Waals surface area contributed by atoms with Crippen molar-refractivity contribution in [3.05, 3.63) is 5.82 Å². The Labute approximate surface area is 120 Å². The molecule has 0 aromatic carbocycles. The summed E-state index contributed by atoms with van der Waals surface area (Å²) in [5, 5.41) is 15.7. The number of rotatable bonds is 9. The minimum Gasteiger partial charge on any atom is -0.307 e. The van der Waals surface area contributed by atoms with Gasteiger partial charge in [0.05, 0.1) is 12.6 Å². The molecule has 110 valence electrons. The molecule has 6 heteroatoms. The lowest BCUT2D eigenvalue weighted by Crippen LogP contribution is -2.32. The van der Waals surface area contributed by atoms with Crippen LogP contribution in [0.3, 0.4) is 0 Å². The van der Waals surface area contributed by atoms with Crippen molar-refractivity contribution in [2.45, 2.75) is 64.3 Å². The van der Waals surface area contributed by atoms with E-state index < -0.39 is 0 Å². The molecule has 1 aromatic heterocycles. The summed E-state index contributed by atoms with van der Waals surface area (Å²) in [4.78, 5) is 0. The molecule has 1 N–H and O–H groups in total. The van der Waals surface area contributed by atoms with Crippen LogP contribution >= 0.6 is 11.8 Å². The van der Waals surface area contributed by atoms with Gasteiger partial charge in [0.15, 0.2) is 5.82 Å². The summed E-state index contributed by atoms with van der Waals surface area (Å²) in [5.74, 6) is 0.939. The topological polar surface area (TPSA) is 55.6 Å². The van der Waals surface area contributed by atoms with Crippen molar-refractivity contribution in [2.24, 2.45) is 0 Å². The van der Waals surface area contributed by atoms with Crippen LogP contribution in [0.2, 0.25) is 0 Å². The van der Waals surface area contributed by atoms with E-state index in [4.69, 9.17) is 0 Å². The maximum absolute atomic E-state index is 4.19. The predicted molar refractivity (Wildman–Crippen MR) is 81.4 cm³/mol. The summed E-state index contributed by atoms with van der Waals surface area (Å²) in [6, 6.07) is 0.197. The van der Waals surface area contributed by atoms with Crippen LogP contribution in [0.1, 0.15) is 58.8 Å². The molecule has 1 aromatic rings. The van der Waals surface area contributed by atoms with Gasteiger partial charge in [0.1, 0.15) is 0 Å². The van der Waals surface area contributed by atoms with Crippen LogP contribution in [0.5, 0.6) is 0 Å². The van der Waals surface area contributed by atoms with Gasteiger partial charge in [0.2, 0.25) is 0 Å². The molecule has 1 unspecified atom stereocenters.